The van der Waals surface area contributed by atoms with E-state index in [1.165, 1.54) is 25.7 Å². The average Bonchev–Trinajstić information content (AvgIpc) is 2.92. The van der Waals surface area contributed by atoms with Gasteiger partial charge in [-0.1, -0.05) is 6.42 Å². The third-order valence-corrected chi connectivity index (χ3v) is 5.91. The number of fused-ring (bicyclic) bond motifs is 1. The van der Waals surface area contributed by atoms with Crippen molar-refractivity contribution in [1.29, 1.82) is 0 Å². The van der Waals surface area contributed by atoms with Gasteiger partial charge in [-0.05, 0) is 50.9 Å². The van der Waals surface area contributed by atoms with Gasteiger partial charge < -0.3 is 15.2 Å². The first-order valence-electron chi connectivity index (χ1n) is 9.33. The van der Waals surface area contributed by atoms with E-state index in [0.717, 1.165) is 37.9 Å². The molecule has 1 aromatic rings. The molecule has 1 atom stereocenters. The first-order chi connectivity index (χ1) is 11.7. The van der Waals surface area contributed by atoms with Gasteiger partial charge in [0.15, 0.2) is 0 Å². The standard InChI is InChI=1S/C18H26N4O2/c23-17(21-14-5-2-6-14)13-7-8-15-16(20-11-22(15)10-13)18(24)19-9-12-3-1-4-12/h11-14H,1-10H2,(H,19,24)(H,21,23). The molecule has 0 bridgehead atoms. The quantitative estimate of drug-likeness (QED) is 0.862. The van der Waals surface area contributed by atoms with Crippen molar-refractivity contribution in [2.75, 3.05) is 6.54 Å². The monoisotopic (exact) mass is 330 g/mol. The molecular formula is C18H26N4O2. The molecule has 130 valence electrons. The Labute approximate surface area is 142 Å². The minimum atomic E-state index is -0.0620. The van der Waals surface area contributed by atoms with Gasteiger partial charge in [0, 0.05) is 19.1 Å². The Kier molecular flexibility index (Phi) is 4.29. The second-order valence-corrected chi connectivity index (χ2v) is 7.57. The molecule has 2 N–H and O–H groups in total. The number of aromatic nitrogens is 2. The fraction of sp³-hybridized carbons (Fsp3) is 0.722. The fourth-order valence-corrected chi connectivity index (χ4v) is 3.76. The molecule has 4 rings (SSSR count). The third-order valence-electron chi connectivity index (χ3n) is 5.91. The van der Waals surface area contributed by atoms with Crippen LogP contribution in [0.25, 0.3) is 0 Å². The van der Waals surface area contributed by atoms with Gasteiger partial charge >= 0.3 is 0 Å². The maximum Gasteiger partial charge on any atom is 0.271 e. The molecule has 2 fully saturated rings. The van der Waals surface area contributed by atoms with Gasteiger partial charge in [-0.2, -0.15) is 0 Å². The summed E-state index contributed by atoms with van der Waals surface area (Å²) < 4.78 is 1.99. The van der Waals surface area contributed by atoms with Crippen LogP contribution in [0.15, 0.2) is 6.33 Å². The Morgan fingerprint density at radius 1 is 1.17 bits per heavy atom. The van der Waals surface area contributed by atoms with E-state index in [1.54, 1.807) is 6.33 Å². The molecule has 2 saturated carbocycles. The van der Waals surface area contributed by atoms with Crippen LogP contribution in [0.2, 0.25) is 0 Å². The Bertz CT molecular complexity index is 631. The molecule has 2 aliphatic carbocycles. The lowest BCUT2D eigenvalue weighted by Gasteiger charge is -2.30. The van der Waals surface area contributed by atoms with Crippen LogP contribution < -0.4 is 10.6 Å². The molecule has 0 saturated heterocycles. The summed E-state index contributed by atoms with van der Waals surface area (Å²) in [5, 5.41) is 6.16. The number of hydrogen-bond donors (Lipinski definition) is 2. The van der Waals surface area contributed by atoms with Crippen molar-refractivity contribution < 1.29 is 9.59 Å². The van der Waals surface area contributed by atoms with Crippen molar-refractivity contribution in [3.05, 3.63) is 17.7 Å². The number of carbonyl (C=O) groups is 2. The summed E-state index contributed by atoms with van der Waals surface area (Å²) in [5.74, 6) is 0.744. The van der Waals surface area contributed by atoms with Gasteiger partial charge in [-0.25, -0.2) is 4.98 Å². The van der Waals surface area contributed by atoms with Crippen molar-refractivity contribution in [2.24, 2.45) is 11.8 Å². The molecule has 0 aromatic carbocycles. The predicted octanol–water partition coefficient (Wildman–Crippen LogP) is 1.64. The lowest BCUT2D eigenvalue weighted by molar-refractivity contribution is -0.127. The number of hydrogen-bond acceptors (Lipinski definition) is 3. The minimum Gasteiger partial charge on any atom is -0.353 e. The largest absolute Gasteiger partial charge is 0.353 e. The summed E-state index contributed by atoms with van der Waals surface area (Å²) >= 11 is 0. The zero-order chi connectivity index (χ0) is 16.5. The van der Waals surface area contributed by atoms with Crippen LogP contribution in [0.3, 0.4) is 0 Å². The predicted molar refractivity (Wildman–Crippen MR) is 89.5 cm³/mol. The number of rotatable bonds is 5. The number of imidazole rings is 1. The van der Waals surface area contributed by atoms with Crippen LogP contribution in [-0.2, 0) is 17.8 Å². The third kappa shape index (κ3) is 3.06. The Hall–Kier alpha value is -1.85. The van der Waals surface area contributed by atoms with Crippen LogP contribution in [0.4, 0.5) is 0 Å². The van der Waals surface area contributed by atoms with E-state index >= 15 is 0 Å². The Morgan fingerprint density at radius 3 is 2.62 bits per heavy atom. The second-order valence-electron chi connectivity index (χ2n) is 7.57. The lowest BCUT2D eigenvalue weighted by atomic mass is 9.85. The summed E-state index contributed by atoms with van der Waals surface area (Å²) in [5.41, 5.74) is 1.53. The highest BCUT2D eigenvalue weighted by atomic mass is 16.2. The van der Waals surface area contributed by atoms with Gasteiger partial charge in [0.25, 0.3) is 5.91 Å². The highest BCUT2D eigenvalue weighted by Gasteiger charge is 2.30. The molecule has 24 heavy (non-hydrogen) atoms. The summed E-state index contributed by atoms with van der Waals surface area (Å²) in [7, 11) is 0. The number of carbonyl (C=O) groups excluding carboxylic acids is 2. The van der Waals surface area contributed by atoms with Gasteiger partial charge in [0.2, 0.25) is 5.91 Å². The fourth-order valence-electron chi connectivity index (χ4n) is 3.76. The van der Waals surface area contributed by atoms with Gasteiger partial charge in [0.1, 0.15) is 5.69 Å². The first kappa shape index (κ1) is 15.7. The maximum atomic E-state index is 12.4. The zero-order valence-corrected chi connectivity index (χ0v) is 14.1. The molecule has 2 amide bonds. The number of nitrogens with zero attached hydrogens (tertiary/aromatic N) is 2. The molecular weight excluding hydrogens is 304 g/mol. The number of nitrogens with one attached hydrogen (secondary N) is 2. The molecule has 2 heterocycles. The molecule has 6 heteroatoms. The van der Waals surface area contributed by atoms with Crippen LogP contribution in [-0.4, -0.2) is 34.0 Å². The van der Waals surface area contributed by atoms with E-state index in [-0.39, 0.29) is 17.7 Å². The van der Waals surface area contributed by atoms with E-state index in [2.05, 4.69) is 15.6 Å². The van der Waals surface area contributed by atoms with Crippen LogP contribution in [0.1, 0.15) is 61.1 Å². The van der Waals surface area contributed by atoms with E-state index in [0.29, 0.717) is 24.2 Å². The molecule has 0 radical (unpaired) electrons. The summed E-state index contributed by atoms with van der Waals surface area (Å²) in [6.07, 6.45) is 10.4. The lowest BCUT2D eigenvalue weighted by Crippen LogP contribution is -2.44. The van der Waals surface area contributed by atoms with E-state index in [4.69, 9.17) is 0 Å². The van der Waals surface area contributed by atoms with Crippen molar-refractivity contribution >= 4 is 11.8 Å². The summed E-state index contributed by atoms with van der Waals surface area (Å²) in [6.45, 7) is 1.40. The SMILES string of the molecule is O=C(NCC1CCC1)c1ncn2c1CCC(C(=O)NC1CCC1)C2. The molecule has 6 nitrogen and oxygen atoms in total. The van der Waals surface area contributed by atoms with Gasteiger partial charge in [0.05, 0.1) is 17.9 Å². The van der Waals surface area contributed by atoms with E-state index in [9.17, 15) is 9.59 Å². The topological polar surface area (TPSA) is 76.0 Å². The van der Waals surface area contributed by atoms with Gasteiger partial charge in [-0.15, -0.1) is 0 Å². The average molecular weight is 330 g/mol. The van der Waals surface area contributed by atoms with Crippen molar-refractivity contribution in [2.45, 2.75) is 64.0 Å². The normalized spacial score (nSPS) is 23.8. The molecule has 1 unspecified atom stereocenters. The summed E-state index contributed by atoms with van der Waals surface area (Å²) in [4.78, 5) is 29.0. The van der Waals surface area contributed by atoms with Crippen LogP contribution >= 0.6 is 0 Å². The Morgan fingerprint density at radius 2 is 1.96 bits per heavy atom. The molecule has 0 spiro atoms. The van der Waals surface area contributed by atoms with Crippen LogP contribution in [0, 0.1) is 11.8 Å². The van der Waals surface area contributed by atoms with Crippen molar-refractivity contribution in [3.63, 3.8) is 0 Å². The van der Waals surface area contributed by atoms with E-state index in [1.807, 2.05) is 4.57 Å². The number of amides is 2. The smallest absolute Gasteiger partial charge is 0.271 e. The maximum absolute atomic E-state index is 12.4. The highest BCUT2D eigenvalue weighted by Crippen LogP contribution is 2.26. The van der Waals surface area contributed by atoms with E-state index < -0.39 is 0 Å². The Balaban J connectivity index is 1.35. The molecule has 3 aliphatic rings. The summed E-state index contributed by atoms with van der Waals surface area (Å²) in [6, 6.07) is 0.384. The van der Waals surface area contributed by atoms with Crippen LogP contribution in [0.5, 0.6) is 0 Å². The van der Waals surface area contributed by atoms with Gasteiger partial charge in [-0.3, -0.25) is 9.59 Å². The highest BCUT2D eigenvalue weighted by molar-refractivity contribution is 5.93. The van der Waals surface area contributed by atoms with Crippen molar-refractivity contribution in [3.8, 4) is 0 Å². The molecule has 1 aromatic heterocycles. The first-order valence-corrected chi connectivity index (χ1v) is 9.33. The molecule has 1 aliphatic heterocycles. The zero-order valence-electron chi connectivity index (χ0n) is 14.1. The minimum absolute atomic E-state index is 0.00168. The second kappa shape index (κ2) is 6.57. The van der Waals surface area contributed by atoms with Crippen molar-refractivity contribution in [1.82, 2.24) is 20.2 Å².